The van der Waals surface area contributed by atoms with Crippen LogP contribution < -0.4 is 11.1 Å². The van der Waals surface area contributed by atoms with Crippen LogP contribution in [0.25, 0.3) is 0 Å². The normalized spacial score (nSPS) is 11.1. The highest BCUT2D eigenvalue weighted by atomic mass is 19.4. The summed E-state index contributed by atoms with van der Waals surface area (Å²) in [6.45, 7) is -1.50. The highest BCUT2D eigenvalue weighted by Crippen LogP contribution is 2.17. The average molecular weight is 261 g/mol. The maximum atomic E-state index is 12.3. The van der Waals surface area contributed by atoms with E-state index in [-0.39, 0.29) is 13.1 Å². The number of benzene rings is 1. The largest absolute Gasteiger partial charge is 0.406 e. The number of amides is 2. The lowest BCUT2D eigenvalue weighted by Crippen LogP contribution is -2.43. The van der Waals surface area contributed by atoms with E-state index in [0.717, 1.165) is 0 Å². The number of nitrogens with zero attached hydrogens (tertiary/aromatic N) is 1. The van der Waals surface area contributed by atoms with Crippen molar-refractivity contribution in [3.63, 3.8) is 0 Å². The number of halogens is 3. The Hall–Kier alpha value is -1.76. The number of rotatable bonds is 4. The first-order chi connectivity index (χ1) is 8.42. The number of nitrogens with one attached hydrogen (secondary N) is 1. The van der Waals surface area contributed by atoms with Crippen molar-refractivity contribution in [2.45, 2.75) is 6.18 Å². The van der Waals surface area contributed by atoms with Crippen molar-refractivity contribution in [3.8, 4) is 0 Å². The van der Waals surface area contributed by atoms with E-state index < -0.39 is 18.8 Å². The smallest absolute Gasteiger partial charge is 0.329 e. The van der Waals surface area contributed by atoms with Crippen LogP contribution in [0.3, 0.4) is 0 Å². The summed E-state index contributed by atoms with van der Waals surface area (Å²) < 4.78 is 36.8. The molecule has 0 saturated carbocycles. The molecule has 1 aromatic rings. The third-order valence-electron chi connectivity index (χ3n) is 2.08. The lowest BCUT2D eigenvalue weighted by Gasteiger charge is -2.23. The van der Waals surface area contributed by atoms with Gasteiger partial charge in [-0.1, -0.05) is 18.2 Å². The highest BCUT2D eigenvalue weighted by molar-refractivity contribution is 5.89. The predicted octanol–water partition coefficient (Wildman–Crippen LogP) is 2.04. The summed E-state index contributed by atoms with van der Waals surface area (Å²) in [5, 5.41) is 2.38. The molecule has 0 atom stereocenters. The van der Waals surface area contributed by atoms with Crippen LogP contribution in [0.5, 0.6) is 0 Å². The number of carbonyl (C=O) groups excluding carboxylic acids is 1. The zero-order valence-electron chi connectivity index (χ0n) is 9.57. The summed E-state index contributed by atoms with van der Waals surface area (Å²) in [6, 6.07) is 7.45. The van der Waals surface area contributed by atoms with Crippen LogP contribution in [0.1, 0.15) is 0 Å². The molecule has 1 rings (SSSR count). The molecule has 4 nitrogen and oxygen atoms in total. The summed E-state index contributed by atoms with van der Waals surface area (Å²) in [7, 11) is 0. The van der Waals surface area contributed by atoms with Crippen LogP contribution in [-0.2, 0) is 0 Å². The van der Waals surface area contributed by atoms with E-state index in [1.165, 1.54) is 0 Å². The molecule has 0 fully saturated rings. The maximum absolute atomic E-state index is 12.3. The van der Waals surface area contributed by atoms with Gasteiger partial charge in [-0.25, -0.2) is 4.79 Å². The molecule has 18 heavy (non-hydrogen) atoms. The summed E-state index contributed by atoms with van der Waals surface area (Å²) in [5.41, 5.74) is 5.63. The number of alkyl halides is 3. The van der Waals surface area contributed by atoms with Gasteiger partial charge in [0.25, 0.3) is 0 Å². The number of anilines is 1. The minimum atomic E-state index is -4.44. The summed E-state index contributed by atoms with van der Waals surface area (Å²) in [4.78, 5) is 12.3. The number of carbonyl (C=O) groups is 1. The highest BCUT2D eigenvalue weighted by Gasteiger charge is 2.32. The zero-order chi connectivity index (χ0) is 13.6. The van der Waals surface area contributed by atoms with Crippen LogP contribution in [0.4, 0.5) is 23.7 Å². The molecule has 2 amide bonds. The fraction of sp³-hybridized carbons (Fsp3) is 0.364. The van der Waals surface area contributed by atoms with Crippen LogP contribution in [0.2, 0.25) is 0 Å². The van der Waals surface area contributed by atoms with Gasteiger partial charge in [0.05, 0.1) is 0 Å². The molecule has 0 aliphatic carbocycles. The third-order valence-corrected chi connectivity index (χ3v) is 2.08. The summed E-state index contributed by atoms with van der Waals surface area (Å²) >= 11 is 0. The Morgan fingerprint density at radius 2 is 1.89 bits per heavy atom. The molecule has 0 aliphatic rings. The van der Waals surface area contributed by atoms with E-state index in [1.54, 1.807) is 30.3 Å². The first kappa shape index (κ1) is 14.3. The Morgan fingerprint density at radius 3 is 2.39 bits per heavy atom. The molecule has 0 unspecified atom stereocenters. The van der Waals surface area contributed by atoms with E-state index >= 15 is 0 Å². The molecule has 1 aromatic carbocycles. The zero-order valence-corrected chi connectivity index (χ0v) is 9.57. The Kier molecular flexibility index (Phi) is 4.96. The van der Waals surface area contributed by atoms with Crippen molar-refractivity contribution in [2.75, 3.05) is 25.0 Å². The molecule has 0 radical (unpaired) electrons. The van der Waals surface area contributed by atoms with Crippen molar-refractivity contribution in [1.29, 1.82) is 0 Å². The van der Waals surface area contributed by atoms with Crippen molar-refractivity contribution < 1.29 is 18.0 Å². The topological polar surface area (TPSA) is 58.4 Å². The van der Waals surface area contributed by atoms with Crippen molar-refractivity contribution in [2.24, 2.45) is 5.73 Å². The van der Waals surface area contributed by atoms with Crippen LogP contribution in [0, 0.1) is 0 Å². The van der Waals surface area contributed by atoms with Crippen molar-refractivity contribution >= 4 is 11.7 Å². The van der Waals surface area contributed by atoms with Gasteiger partial charge < -0.3 is 16.0 Å². The minimum absolute atomic E-state index is 0.0295. The van der Waals surface area contributed by atoms with Gasteiger partial charge in [-0.2, -0.15) is 13.2 Å². The van der Waals surface area contributed by atoms with Gasteiger partial charge >= 0.3 is 12.2 Å². The minimum Gasteiger partial charge on any atom is -0.329 e. The van der Waals surface area contributed by atoms with Crippen LogP contribution in [-0.4, -0.2) is 36.7 Å². The van der Waals surface area contributed by atoms with Crippen molar-refractivity contribution in [3.05, 3.63) is 30.3 Å². The number of urea groups is 1. The molecule has 100 valence electrons. The molecule has 7 heteroatoms. The van der Waals surface area contributed by atoms with E-state index in [0.29, 0.717) is 10.6 Å². The van der Waals surface area contributed by atoms with Gasteiger partial charge in [0.1, 0.15) is 6.54 Å². The van der Waals surface area contributed by atoms with Gasteiger partial charge in [0.2, 0.25) is 0 Å². The van der Waals surface area contributed by atoms with E-state index in [4.69, 9.17) is 5.73 Å². The quantitative estimate of drug-likeness (QED) is 0.871. The maximum Gasteiger partial charge on any atom is 0.406 e. The molecule has 0 aliphatic heterocycles. The molecular formula is C11H14F3N3O. The predicted molar refractivity (Wildman–Crippen MR) is 62.1 cm³/mol. The lowest BCUT2D eigenvalue weighted by atomic mass is 10.3. The van der Waals surface area contributed by atoms with Crippen LogP contribution >= 0.6 is 0 Å². The van der Waals surface area contributed by atoms with Gasteiger partial charge in [-0.3, -0.25) is 0 Å². The second-order valence-electron chi connectivity index (χ2n) is 3.62. The molecule has 0 saturated heterocycles. The standard InChI is InChI=1S/C11H14F3N3O/c12-11(13,14)8-17(7-6-15)10(18)16-9-4-2-1-3-5-9/h1-5H,6-8,15H2,(H,16,18). The summed E-state index contributed by atoms with van der Waals surface area (Å²) in [5.74, 6) is 0. The number of hydrogen-bond acceptors (Lipinski definition) is 2. The van der Waals surface area contributed by atoms with E-state index in [2.05, 4.69) is 5.32 Å². The second-order valence-corrected chi connectivity index (χ2v) is 3.62. The average Bonchev–Trinajstić information content (AvgIpc) is 2.28. The lowest BCUT2D eigenvalue weighted by molar-refractivity contribution is -0.139. The molecule has 3 N–H and O–H groups in total. The van der Waals surface area contributed by atoms with Gasteiger partial charge in [0, 0.05) is 18.8 Å². The van der Waals surface area contributed by atoms with Crippen molar-refractivity contribution in [1.82, 2.24) is 4.90 Å². The van der Waals surface area contributed by atoms with E-state index in [1.807, 2.05) is 0 Å². The Morgan fingerprint density at radius 1 is 1.28 bits per heavy atom. The number of nitrogens with two attached hydrogens (primary N) is 1. The first-order valence-corrected chi connectivity index (χ1v) is 5.30. The van der Waals surface area contributed by atoms with Gasteiger partial charge in [-0.05, 0) is 12.1 Å². The first-order valence-electron chi connectivity index (χ1n) is 5.30. The fourth-order valence-electron chi connectivity index (χ4n) is 1.35. The molecule has 0 aromatic heterocycles. The SMILES string of the molecule is NCCN(CC(F)(F)F)C(=O)Nc1ccccc1. The molecule has 0 heterocycles. The summed E-state index contributed by atoms with van der Waals surface area (Å²) in [6.07, 6.45) is -4.44. The van der Waals surface area contributed by atoms with E-state index in [9.17, 15) is 18.0 Å². The Bertz CT molecular complexity index is 381. The number of hydrogen-bond donors (Lipinski definition) is 2. The van der Waals surface area contributed by atoms with Gasteiger partial charge in [0.15, 0.2) is 0 Å². The Labute approximate surface area is 103 Å². The third kappa shape index (κ3) is 5.05. The fourth-order valence-corrected chi connectivity index (χ4v) is 1.35. The van der Waals surface area contributed by atoms with Crippen LogP contribution in [0.15, 0.2) is 30.3 Å². The monoisotopic (exact) mass is 261 g/mol. The number of para-hydroxylation sites is 1. The second kappa shape index (κ2) is 6.25. The molecule has 0 spiro atoms. The van der Waals surface area contributed by atoms with Gasteiger partial charge in [-0.15, -0.1) is 0 Å². The molecular weight excluding hydrogens is 247 g/mol. The Balaban J connectivity index is 2.65. The molecule has 0 bridgehead atoms.